The highest BCUT2D eigenvalue weighted by Gasteiger charge is 2.19. The molecule has 4 nitrogen and oxygen atoms in total. The zero-order valence-corrected chi connectivity index (χ0v) is 14.4. The third-order valence-electron chi connectivity index (χ3n) is 4.35. The van der Waals surface area contributed by atoms with E-state index >= 15 is 0 Å². The van der Waals surface area contributed by atoms with Crippen LogP contribution in [0, 0.1) is 0 Å². The number of nitrogens with zero attached hydrogens (tertiary/aromatic N) is 3. The average Bonchev–Trinajstić information content (AvgIpc) is 3.07. The number of halogens is 1. The lowest BCUT2D eigenvalue weighted by atomic mass is 9.92. The molecule has 0 spiro atoms. The Bertz CT molecular complexity index is 1010. The predicted octanol–water partition coefficient (Wildman–Crippen LogP) is 4.93. The van der Waals surface area contributed by atoms with Crippen LogP contribution in [0.2, 0.25) is 5.02 Å². The van der Waals surface area contributed by atoms with Crippen molar-refractivity contribution >= 4 is 22.6 Å². The van der Waals surface area contributed by atoms with Gasteiger partial charge in [-0.15, -0.1) is 15.0 Å². The average molecular weight is 350 g/mol. The molecule has 124 valence electrons. The van der Waals surface area contributed by atoms with Crippen molar-refractivity contribution in [2.75, 3.05) is 0 Å². The van der Waals surface area contributed by atoms with E-state index in [1.165, 1.54) is 4.80 Å². The van der Waals surface area contributed by atoms with Crippen LogP contribution in [0.15, 0.2) is 66.7 Å². The van der Waals surface area contributed by atoms with Crippen LogP contribution in [0.4, 0.5) is 0 Å². The van der Waals surface area contributed by atoms with Gasteiger partial charge < -0.3 is 5.11 Å². The quantitative estimate of drug-likeness (QED) is 0.570. The first-order valence-corrected chi connectivity index (χ1v) is 8.41. The normalized spacial score (nSPS) is 12.4. The fourth-order valence-electron chi connectivity index (χ4n) is 2.98. The van der Waals surface area contributed by atoms with Gasteiger partial charge in [0.05, 0.1) is 0 Å². The molecule has 1 heterocycles. The SMILES string of the molecule is CC(c1ccccc1)c1cc(Cl)cc(-n2nc3ccccc3n2)c1O. The fourth-order valence-corrected chi connectivity index (χ4v) is 3.20. The van der Waals surface area contributed by atoms with Gasteiger partial charge in [0, 0.05) is 16.5 Å². The molecule has 0 saturated carbocycles. The molecule has 4 rings (SSSR count). The lowest BCUT2D eigenvalue weighted by Crippen LogP contribution is -2.03. The van der Waals surface area contributed by atoms with Crippen molar-refractivity contribution < 1.29 is 5.11 Å². The van der Waals surface area contributed by atoms with Crippen molar-refractivity contribution in [2.24, 2.45) is 0 Å². The molecule has 0 aliphatic rings. The minimum absolute atomic E-state index is 0.0105. The van der Waals surface area contributed by atoms with Gasteiger partial charge in [-0.3, -0.25) is 0 Å². The van der Waals surface area contributed by atoms with Gasteiger partial charge >= 0.3 is 0 Å². The molecule has 3 aromatic carbocycles. The molecule has 1 N–H and O–H groups in total. The number of phenols is 1. The zero-order chi connectivity index (χ0) is 17.4. The highest BCUT2D eigenvalue weighted by Crippen LogP contribution is 2.37. The molecule has 0 aliphatic heterocycles. The summed E-state index contributed by atoms with van der Waals surface area (Å²) in [5.41, 5.74) is 3.85. The van der Waals surface area contributed by atoms with Gasteiger partial charge in [-0.25, -0.2) is 0 Å². The van der Waals surface area contributed by atoms with E-state index in [4.69, 9.17) is 11.6 Å². The van der Waals surface area contributed by atoms with Crippen molar-refractivity contribution in [3.8, 4) is 11.4 Å². The number of fused-ring (bicyclic) bond motifs is 1. The van der Waals surface area contributed by atoms with Crippen LogP contribution in [-0.4, -0.2) is 20.1 Å². The molecule has 25 heavy (non-hydrogen) atoms. The molecule has 1 unspecified atom stereocenters. The minimum atomic E-state index is -0.0105. The molecule has 5 heteroatoms. The van der Waals surface area contributed by atoms with Crippen LogP contribution in [0.3, 0.4) is 0 Å². The summed E-state index contributed by atoms with van der Waals surface area (Å²) in [5, 5.41) is 20.3. The monoisotopic (exact) mass is 349 g/mol. The smallest absolute Gasteiger partial charge is 0.146 e. The van der Waals surface area contributed by atoms with E-state index in [1.54, 1.807) is 12.1 Å². The first-order valence-electron chi connectivity index (χ1n) is 8.03. The maximum atomic E-state index is 10.9. The number of benzene rings is 3. The van der Waals surface area contributed by atoms with Gasteiger partial charge in [-0.05, 0) is 29.8 Å². The predicted molar refractivity (Wildman–Crippen MR) is 99.5 cm³/mol. The Balaban J connectivity index is 1.85. The van der Waals surface area contributed by atoms with Crippen molar-refractivity contribution in [3.05, 3.63) is 82.9 Å². The van der Waals surface area contributed by atoms with Gasteiger partial charge in [0.15, 0.2) is 0 Å². The van der Waals surface area contributed by atoms with Crippen molar-refractivity contribution in [2.45, 2.75) is 12.8 Å². The van der Waals surface area contributed by atoms with Crippen molar-refractivity contribution in [1.29, 1.82) is 0 Å². The van der Waals surface area contributed by atoms with E-state index in [0.717, 1.165) is 22.2 Å². The topological polar surface area (TPSA) is 50.9 Å². The molecule has 0 bridgehead atoms. The Morgan fingerprint density at radius 3 is 2.16 bits per heavy atom. The second-order valence-electron chi connectivity index (χ2n) is 5.97. The van der Waals surface area contributed by atoms with Crippen LogP contribution in [0.5, 0.6) is 5.75 Å². The van der Waals surface area contributed by atoms with Crippen LogP contribution in [0.25, 0.3) is 16.7 Å². The Labute approximate surface area is 150 Å². The number of hydrogen-bond acceptors (Lipinski definition) is 3. The molecule has 1 aromatic heterocycles. The molecule has 4 aromatic rings. The van der Waals surface area contributed by atoms with Gasteiger partial charge in [-0.2, -0.15) is 0 Å². The second kappa shape index (κ2) is 6.22. The molecule has 0 radical (unpaired) electrons. The van der Waals surface area contributed by atoms with Crippen LogP contribution in [0.1, 0.15) is 24.0 Å². The Kier molecular flexibility index (Phi) is 3.90. The lowest BCUT2D eigenvalue weighted by molar-refractivity contribution is 0.459. The number of phenolic OH excluding ortho intramolecular Hbond substituents is 1. The van der Waals surface area contributed by atoms with E-state index in [-0.39, 0.29) is 11.7 Å². The first kappa shape index (κ1) is 15.7. The largest absolute Gasteiger partial charge is 0.505 e. The summed E-state index contributed by atoms with van der Waals surface area (Å²) >= 11 is 6.32. The highest BCUT2D eigenvalue weighted by atomic mass is 35.5. The molecule has 0 amide bonds. The van der Waals surface area contributed by atoms with Gasteiger partial charge in [0.25, 0.3) is 0 Å². The standard InChI is InChI=1S/C20H16ClN3O/c1-13(14-7-3-2-4-8-14)16-11-15(21)12-19(20(16)25)24-22-17-9-5-6-10-18(17)23-24/h2-13,25H,1H3. The highest BCUT2D eigenvalue weighted by molar-refractivity contribution is 6.31. The summed E-state index contributed by atoms with van der Waals surface area (Å²) in [5.74, 6) is 0.129. The summed E-state index contributed by atoms with van der Waals surface area (Å²) in [6.45, 7) is 2.04. The molecule has 0 saturated heterocycles. The van der Waals surface area contributed by atoms with E-state index in [9.17, 15) is 5.11 Å². The van der Waals surface area contributed by atoms with Crippen LogP contribution >= 0.6 is 11.6 Å². The third kappa shape index (κ3) is 2.85. The molecular weight excluding hydrogens is 334 g/mol. The van der Waals surface area contributed by atoms with Crippen molar-refractivity contribution in [1.82, 2.24) is 15.0 Å². The number of rotatable bonds is 3. The Morgan fingerprint density at radius 1 is 0.920 bits per heavy atom. The maximum absolute atomic E-state index is 10.9. The summed E-state index contributed by atoms with van der Waals surface area (Å²) in [6, 6.07) is 21.0. The van der Waals surface area contributed by atoms with Gasteiger partial charge in [-0.1, -0.05) is 61.0 Å². The number of aromatic nitrogens is 3. The lowest BCUT2D eigenvalue weighted by Gasteiger charge is -2.16. The Morgan fingerprint density at radius 2 is 1.52 bits per heavy atom. The first-order chi connectivity index (χ1) is 12.1. The molecular formula is C20H16ClN3O. The molecule has 0 aliphatic carbocycles. The van der Waals surface area contributed by atoms with E-state index in [2.05, 4.69) is 10.2 Å². The molecule has 1 atom stereocenters. The number of hydrogen-bond donors (Lipinski definition) is 1. The summed E-state index contributed by atoms with van der Waals surface area (Å²) in [4.78, 5) is 1.44. The fraction of sp³-hybridized carbons (Fsp3) is 0.100. The van der Waals surface area contributed by atoms with Gasteiger partial charge in [0.2, 0.25) is 0 Å². The zero-order valence-electron chi connectivity index (χ0n) is 13.6. The van der Waals surface area contributed by atoms with E-state index < -0.39 is 0 Å². The van der Waals surface area contributed by atoms with E-state index in [1.807, 2.05) is 61.5 Å². The third-order valence-corrected chi connectivity index (χ3v) is 4.57. The Hall–Kier alpha value is -2.85. The second-order valence-corrected chi connectivity index (χ2v) is 6.41. The van der Waals surface area contributed by atoms with Crippen LogP contribution < -0.4 is 0 Å². The molecule has 0 fully saturated rings. The van der Waals surface area contributed by atoms with Gasteiger partial charge in [0.1, 0.15) is 22.5 Å². The summed E-state index contributed by atoms with van der Waals surface area (Å²) in [6.07, 6.45) is 0. The minimum Gasteiger partial charge on any atom is -0.505 e. The summed E-state index contributed by atoms with van der Waals surface area (Å²) in [7, 11) is 0. The summed E-state index contributed by atoms with van der Waals surface area (Å²) < 4.78 is 0. The number of aromatic hydroxyl groups is 1. The van der Waals surface area contributed by atoms with E-state index in [0.29, 0.717) is 10.7 Å². The van der Waals surface area contributed by atoms with Crippen molar-refractivity contribution in [3.63, 3.8) is 0 Å². The maximum Gasteiger partial charge on any atom is 0.146 e. The van der Waals surface area contributed by atoms with Crippen LogP contribution in [-0.2, 0) is 0 Å².